The lowest BCUT2D eigenvalue weighted by molar-refractivity contribution is -0.136. The molecule has 0 bridgehead atoms. The summed E-state index contributed by atoms with van der Waals surface area (Å²) in [6, 6.07) is 5.96. The van der Waals surface area contributed by atoms with Crippen molar-refractivity contribution in [1.29, 1.82) is 0 Å². The monoisotopic (exact) mass is 373 g/mol. The van der Waals surface area contributed by atoms with Crippen molar-refractivity contribution in [3.05, 3.63) is 23.8 Å². The van der Waals surface area contributed by atoms with Gasteiger partial charge in [-0.3, -0.25) is 9.59 Å². The van der Waals surface area contributed by atoms with E-state index in [2.05, 4.69) is 5.32 Å². The molecule has 0 unspecified atom stereocenters. The van der Waals surface area contributed by atoms with Crippen LogP contribution in [0.25, 0.3) is 0 Å². The number of hydrogen-bond acceptors (Lipinski definition) is 4. The Morgan fingerprint density at radius 2 is 1.93 bits per heavy atom. The highest BCUT2D eigenvalue weighted by Gasteiger charge is 2.28. The van der Waals surface area contributed by atoms with Crippen molar-refractivity contribution >= 4 is 23.2 Å². The van der Waals surface area contributed by atoms with Gasteiger partial charge in [-0.1, -0.05) is 6.42 Å². The van der Waals surface area contributed by atoms with E-state index in [0.29, 0.717) is 12.5 Å². The van der Waals surface area contributed by atoms with E-state index in [1.54, 1.807) is 7.11 Å². The molecule has 1 N–H and O–H groups in total. The zero-order valence-electron chi connectivity index (χ0n) is 16.7. The number of benzene rings is 1. The Bertz CT molecular complexity index is 681. The summed E-state index contributed by atoms with van der Waals surface area (Å²) in [7, 11) is 5.54. The number of rotatable bonds is 9. The molecule has 0 spiro atoms. The first kappa shape index (κ1) is 19.7. The minimum absolute atomic E-state index is 0.0120. The summed E-state index contributed by atoms with van der Waals surface area (Å²) < 4.78 is 5.06. The van der Waals surface area contributed by atoms with Crippen molar-refractivity contribution in [2.75, 3.05) is 44.6 Å². The lowest BCUT2D eigenvalue weighted by Gasteiger charge is -2.27. The highest BCUT2D eigenvalue weighted by Crippen LogP contribution is 2.32. The average Bonchev–Trinajstić information content (AvgIpc) is 3.36. The molecule has 2 amide bonds. The predicted molar refractivity (Wildman–Crippen MR) is 107 cm³/mol. The number of ether oxygens (including phenoxy) is 1. The van der Waals surface area contributed by atoms with Crippen molar-refractivity contribution in [2.24, 2.45) is 11.8 Å². The Labute approximate surface area is 161 Å². The summed E-state index contributed by atoms with van der Waals surface area (Å²) in [6.07, 6.45) is 5.48. The Kier molecular flexibility index (Phi) is 6.37. The molecule has 2 aliphatic carbocycles. The Hall–Kier alpha value is -2.08. The molecule has 1 aromatic carbocycles. The summed E-state index contributed by atoms with van der Waals surface area (Å²) in [5.74, 6) is 0.875. The van der Waals surface area contributed by atoms with Crippen molar-refractivity contribution in [2.45, 2.75) is 38.6 Å². The molecule has 0 saturated heterocycles. The quantitative estimate of drug-likeness (QED) is 0.723. The second kappa shape index (κ2) is 8.74. The Morgan fingerprint density at radius 1 is 1.19 bits per heavy atom. The molecule has 0 heterocycles. The van der Waals surface area contributed by atoms with Gasteiger partial charge in [0.2, 0.25) is 11.8 Å². The van der Waals surface area contributed by atoms with Crippen LogP contribution in [0.3, 0.4) is 0 Å². The van der Waals surface area contributed by atoms with Crippen LogP contribution in [0.15, 0.2) is 18.2 Å². The topological polar surface area (TPSA) is 61.9 Å². The van der Waals surface area contributed by atoms with Gasteiger partial charge in [-0.25, -0.2) is 0 Å². The van der Waals surface area contributed by atoms with Crippen LogP contribution in [-0.4, -0.2) is 51.1 Å². The molecular formula is C21H31N3O3. The number of amides is 2. The van der Waals surface area contributed by atoms with E-state index >= 15 is 0 Å². The fourth-order valence-electron chi connectivity index (χ4n) is 3.43. The van der Waals surface area contributed by atoms with E-state index in [1.165, 1.54) is 12.8 Å². The van der Waals surface area contributed by atoms with Crippen molar-refractivity contribution in [3.8, 4) is 0 Å². The van der Waals surface area contributed by atoms with Gasteiger partial charge in [0, 0.05) is 51.6 Å². The minimum atomic E-state index is 0.0120. The number of nitrogens with one attached hydrogen (secondary N) is 1. The highest BCUT2D eigenvalue weighted by atomic mass is 16.5. The van der Waals surface area contributed by atoms with Gasteiger partial charge >= 0.3 is 0 Å². The Balaban J connectivity index is 1.77. The van der Waals surface area contributed by atoms with Crippen LogP contribution in [0, 0.1) is 11.8 Å². The number of nitrogens with zero attached hydrogens (tertiary/aromatic N) is 2. The van der Waals surface area contributed by atoms with Gasteiger partial charge in [-0.2, -0.15) is 0 Å². The Morgan fingerprint density at radius 3 is 2.48 bits per heavy atom. The molecule has 27 heavy (non-hydrogen) atoms. The number of anilines is 2. The molecule has 148 valence electrons. The molecule has 0 atom stereocenters. The fraction of sp³-hybridized carbons (Fsp3) is 0.619. The van der Waals surface area contributed by atoms with Gasteiger partial charge in [0.25, 0.3) is 0 Å². The fourth-order valence-corrected chi connectivity index (χ4v) is 3.43. The summed E-state index contributed by atoms with van der Waals surface area (Å²) in [5, 5.41) is 3.05. The molecule has 0 aromatic heterocycles. The van der Waals surface area contributed by atoms with Crippen LogP contribution in [-0.2, 0) is 20.9 Å². The van der Waals surface area contributed by atoms with Crippen LogP contribution in [0.1, 0.15) is 37.7 Å². The predicted octanol–water partition coefficient (Wildman–Crippen LogP) is 2.88. The minimum Gasteiger partial charge on any atom is -0.377 e. The van der Waals surface area contributed by atoms with Crippen LogP contribution in [0.5, 0.6) is 0 Å². The molecule has 1 aromatic rings. The highest BCUT2D eigenvalue weighted by molar-refractivity contribution is 5.93. The molecule has 2 aliphatic rings. The summed E-state index contributed by atoms with van der Waals surface area (Å²) in [4.78, 5) is 28.7. The molecule has 2 fully saturated rings. The smallest absolute Gasteiger partial charge is 0.248 e. The first-order valence-electron chi connectivity index (χ1n) is 9.85. The largest absolute Gasteiger partial charge is 0.377 e. The van der Waals surface area contributed by atoms with E-state index in [-0.39, 0.29) is 24.3 Å². The van der Waals surface area contributed by atoms with Crippen molar-refractivity contribution in [1.82, 2.24) is 4.90 Å². The maximum absolute atomic E-state index is 12.5. The third kappa shape index (κ3) is 5.22. The van der Waals surface area contributed by atoms with Gasteiger partial charge < -0.3 is 19.9 Å². The van der Waals surface area contributed by atoms with Gasteiger partial charge in [-0.15, -0.1) is 0 Å². The third-order valence-electron chi connectivity index (χ3n) is 5.46. The van der Waals surface area contributed by atoms with Crippen LogP contribution in [0.2, 0.25) is 0 Å². The molecule has 6 nitrogen and oxygen atoms in total. The first-order valence-corrected chi connectivity index (χ1v) is 9.85. The maximum Gasteiger partial charge on any atom is 0.248 e. The van der Waals surface area contributed by atoms with Gasteiger partial charge in [0.1, 0.15) is 6.61 Å². The summed E-state index contributed by atoms with van der Waals surface area (Å²) in [6.45, 7) is 1.40. The average molecular weight is 373 g/mol. The van der Waals surface area contributed by atoms with E-state index in [1.807, 2.05) is 42.1 Å². The van der Waals surface area contributed by atoms with E-state index in [9.17, 15) is 9.59 Å². The second-order valence-electron chi connectivity index (χ2n) is 8.01. The summed E-state index contributed by atoms with van der Waals surface area (Å²) in [5.41, 5.74) is 2.90. The standard InChI is InChI=1S/C21H31N3O3/c1-23(2)19-10-9-18(22-21(26)16-5-4-6-16)11-17(19)13-24(12-15-7-8-15)20(25)14-27-3/h9-11,15-16H,4-8,12-14H2,1-3H3,(H,22,26). The number of methoxy groups -OCH3 is 1. The zero-order chi connectivity index (χ0) is 19.4. The molecule has 0 radical (unpaired) electrons. The molecule has 2 saturated carbocycles. The lowest BCUT2D eigenvalue weighted by Crippen LogP contribution is -2.35. The van der Waals surface area contributed by atoms with Gasteiger partial charge in [0.05, 0.1) is 0 Å². The SMILES string of the molecule is COCC(=O)N(Cc1cc(NC(=O)C2CCC2)ccc1N(C)C)CC1CC1. The molecule has 3 rings (SSSR count). The van der Waals surface area contributed by atoms with E-state index in [0.717, 1.165) is 42.7 Å². The lowest BCUT2D eigenvalue weighted by atomic mass is 9.85. The van der Waals surface area contributed by atoms with Crippen molar-refractivity contribution in [3.63, 3.8) is 0 Å². The molecule has 0 aliphatic heterocycles. The number of carbonyl (C=O) groups is 2. The number of carbonyl (C=O) groups excluding carboxylic acids is 2. The van der Waals surface area contributed by atoms with Crippen LogP contribution >= 0.6 is 0 Å². The van der Waals surface area contributed by atoms with Crippen molar-refractivity contribution < 1.29 is 14.3 Å². The van der Waals surface area contributed by atoms with Gasteiger partial charge in [-0.05, 0) is 55.4 Å². The molecular weight excluding hydrogens is 342 g/mol. The van der Waals surface area contributed by atoms with E-state index < -0.39 is 0 Å². The normalized spacial score (nSPS) is 16.6. The van der Waals surface area contributed by atoms with Gasteiger partial charge in [0.15, 0.2) is 0 Å². The van der Waals surface area contributed by atoms with Crippen LogP contribution < -0.4 is 10.2 Å². The second-order valence-corrected chi connectivity index (χ2v) is 8.01. The molecule has 6 heteroatoms. The van der Waals surface area contributed by atoms with Crippen LogP contribution in [0.4, 0.5) is 11.4 Å². The first-order chi connectivity index (χ1) is 13.0. The summed E-state index contributed by atoms with van der Waals surface area (Å²) >= 11 is 0. The zero-order valence-corrected chi connectivity index (χ0v) is 16.7. The maximum atomic E-state index is 12.5. The number of hydrogen-bond donors (Lipinski definition) is 1. The third-order valence-corrected chi connectivity index (χ3v) is 5.46. The van der Waals surface area contributed by atoms with E-state index in [4.69, 9.17) is 4.74 Å².